The SMILES string of the molecule is [Al+3].[O-]c1ccc(Cl)cc1.[O-]c1ccc(Cl)cc1.[O-]c1ccc(Cl)cc1. The van der Waals surface area contributed by atoms with E-state index in [1.54, 1.807) is 36.4 Å². The molecule has 0 aliphatic rings. The normalized spacial score (nSPS) is 8.76. The summed E-state index contributed by atoms with van der Waals surface area (Å²) in [7, 11) is 0. The molecule has 0 saturated heterocycles. The average molecular weight is 410 g/mol. The molecule has 0 saturated carbocycles. The molecule has 0 atom stereocenters. The van der Waals surface area contributed by atoms with Gasteiger partial charge in [0.25, 0.3) is 0 Å². The first kappa shape index (κ1) is 23.5. The maximum absolute atomic E-state index is 10.4. The van der Waals surface area contributed by atoms with Crippen molar-refractivity contribution in [2.75, 3.05) is 0 Å². The van der Waals surface area contributed by atoms with E-state index in [0.29, 0.717) is 15.1 Å². The van der Waals surface area contributed by atoms with Gasteiger partial charge in [0.05, 0.1) is 0 Å². The minimum atomic E-state index is -0.00519. The number of rotatable bonds is 0. The number of halogens is 3. The van der Waals surface area contributed by atoms with Crippen LogP contribution in [0.25, 0.3) is 0 Å². The summed E-state index contributed by atoms with van der Waals surface area (Å²) in [6, 6.07) is 18.0. The van der Waals surface area contributed by atoms with Gasteiger partial charge < -0.3 is 15.3 Å². The van der Waals surface area contributed by atoms with E-state index in [1.165, 1.54) is 36.4 Å². The fraction of sp³-hybridized carbons (Fsp3) is 0. The van der Waals surface area contributed by atoms with E-state index in [-0.39, 0.29) is 34.6 Å². The van der Waals surface area contributed by atoms with E-state index < -0.39 is 0 Å². The van der Waals surface area contributed by atoms with Crippen LogP contribution in [0.15, 0.2) is 72.8 Å². The summed E-state index contributed by atoms with van der Waals surface area (Å²) >= 11 is 16.4. The van der Waals surface area contributed by atoms with E-state index in [1.807, 2.05) is 0 Å². The first-order chi connectivity index (χ1) is 11.4. The van der Waals surface area contributed by atoms with Crippen molar-refractivity contribution in [2.24, 2.45) is 0 Å². The largest absolute Gasteiger partial charge is 3.00 e. The van der Waals surface area contributed by atoms with Gasteiger partial charge in [-0.15, -0.1) is 17.2 Å². The molecule has 0 fully saturated rings. The molecule has 0 aliphatic heterocycles. The molecule has 126 valence electrons. The van der Waals surface area contributed by atoms with Crippen LogP contribution in [0.4, 0.5) is 0 Å². The zero-order valence-corrected chi connectivity index (χ0v) is 16.3. The Hall–Kier alpha value is -1.54. The van der Waals surface area contributed by atoms with Crippen molar-refractivity contribution in [2.45, 2.75) is 0 Å². The summed E-state index contributed by atoms with van der Waals surface area (Å²) < 4.78 is 0. The van der Waals surface area contributed by atoms with Crippen molar-refractivity contribution in [3.8, 4) is 17.2 Å². The molecule has 3 aromatic rings. The molecular weight excluding hydrogens is 398 g/mol. The van der Waals surface area contributed by atoms with Crippen LogP contribution in [0.5, 0.6) is 17.2 Å². The van der Waals surface area contributed by atoms with Gasteiger partial charge in [-0.3, -0.25) is 0 Å². The average Bonchev–Trinajstić information content (AvgIpc) is 2.57. The van der Waals surface area contributed by atoms with Crippen LogP contribution in [-0.4, -0.2) is 17.4 Å². The molecule has 0 radical (unpaired) electrons. The van der Waals surface area contributed by atoms with Crippen LogP contribution >= 0.6 is 34.8 Å². The van der Waals surface area contributed by atoms with Crippen LogP contribution in [0, 0.1) is 0 Å². The van der Waals surface area contributed by atoms with Crippen molar-refractivity contribution < 1.29 is 15.3 Å². The van der Waals surface area contributed by atoms with Gasteiger partial charge in [0.2, 0.25) is 0 Å². The summed E-state index contributed by atoms with van der Waals surface area (Å²) in [5.74, 6) is -0.0156. The zero-order chi connectivity index (χ0) is 17.9. The minimum Gasteiger partial charge on any atom is -0.872 e. The molecular formula is C18H12AlCl3O3. The van der Waals surface area contributed by atoms with Gasteiger partial charge in [-0.1, -0.05) is 71.2 Å². The predicted molar refractivity (Wildman–Crippen MR) is 98.4 cm³/mol. The van der Waals surface area contributed by atoms with Gasteiger partial charge in [-0.25, -0.2) is 0 Å². The maximum atomic E-state index is 10.4. The fourth-order valence-electron chi connectivity index (χ4n) is 1.30. The standard InChI is InChI=1S/3C6H5ClO.Al/c3*7-5-1-3-6(8)4-2-5;/h3*1-4,8H;/q;;;+3/p-3. The molecule has 0 amide bonds. The molecule has 0 N–H and O–H groups in total. The van der Waals surface area contributed by atoms with Crippen LogP contribution in [0.1, 0.15) is 0 Å². The van der Waals surface area contributed by atoms with Crippen molar-refractivity contribution in [1.29, 1.82) is 0 Å². The van der Waals surface area contributed by atoms with E-state index >= 15 is 0 Å². The molecule has 0 spiro atoms. The van der Waals surface area contributed by atoms with E-state index in [2.05, 4.69) is 0 Å². The Kier molecular flexibility index (Phi) is 12.0. The molecule has 3 nitrogen and oxygen atoms in total. The van der Waals surface area contributed by atoms with Gasteiger partial charge in [-0.2, -0.15) is 0 Å². The van der Waals surface area contributed by atoms with Gasteiger partial charge >= 0.3 is 17.4 Å². The molecule has 0 unspecified atom stereocenters. The Bertz CT molecular complexity index is 552. The monoisotopic (exact) mass is 408 g/mol. The number of benzene rings is 3. The van der Waals surface area contributed by atoms with Gasteiger partial charge in [0.15, 0.2) is 0 Å². The Morgan fingerprint density at radius 2 is 0.560 bits per heavy atom. The predicted octanol–water partition coefficient (Wildman–Crippen LogP) is 3.86. The first-order valence-corrected chi connectivity index (χ1v) is 7.78. The maximum Gasteiger partial charge on any atom is 3.00 e. The Morgan fingerprint density at radius 1 is 0.400 bits per heavy atom. The summed E-state index contributed by atoms with van der Waals surface area (Å²) in [6.45, 7) is 0. The molecule has 0 aliphatic carbocycles. The minimum absolute atomic E-state index is 0. The molecule has 3 rings (SSSR count). The second-order valence-corrected chi connectivity index (χ2v) is 5.67. The first-order valence-electron chi connectivity index (χ1n) is 6.64. The smallest absolute Gasteiger partial charge is 0.872 e. The van der Waals surface area contributed by atoms with Crippen molar-refractivity contribution in [3.63, 3.8) is 0 Å². The summed E-state index contributed by atoms with van der Waals surface area (Å²) in [5, 5.41) is 32.9. The molecule has 0 aromatic heterocycles. The second kappa shape index (κ2) is 12.8. The van der Waals surface area contributed by atoms with Crippen LogP contribution < -0.4 is 15.3 Å². The third kappa shape index (κ3) is 11.6. The quantitative estimate of drug-likeness (QED) is 0.529. The fourth-order valence-corrected chi connectivity index (χ4v) is 1.68. The van der Waals surface area contributed by atoms with E-state index in [4.69, 9.17) is 34.8 Å². The summed E-state index contributed by atoms with van der Waals surface area (Å²) in [4.78, 5) is 0. The van der Waals surface area contributed by atoms with Crippen LogP contribution in [0.2, 0.25) is 15.1 Å². The number of hydrogen-bond acceptors (Lipinski definition) is 3. The molecule has 0 bridgehead atoms. The van der Waals surface area contributed by atoms with Crippen LogP contribution in [-0.2, 0) is 0 Å². The molecule has 25 heavy (non-hydrogen) atoms. The topological polar surface area (TPSA) is 69.2 Å². The van der Waals surface area contributed by atoms with E-state index in [9.17, 15) is 15.3 Å². The summed E-state index contributed by atoms with van der Waals surface area (Å²) in [6.07, 6.45) is 0. The number of hydrogen-bond donors (Lipinski definition) is 0. The molecule has 0 heterocycles. The Labute approximate surface area is 172 Å². The van der Waals surface area contributed by atoms with Crippen molar-refractivity contribution in [3.05, 3.63) is 87.9 Å². The van der Waals surface area contributed by atoms with Crippen molar-refractivity contribution in [1.82, 2.24) is 0 Å². The third-order valence-electron chi connectivity index (χ3n) is 2.44. The molecule has 7 heteroatoms. The molecule has 3 aromatic carbocycles. The Balaban J connectivity index is 0.000000339. The zero-order valence-electron chi connectivity index (χ0n) is 12.9. The van der Waals surface area contributed by atoms with Crippen molar-refractivity contribution >= 4 is 52.2 Å². The van der Waals surface area contributed by atoms with Gasteiger partial charge in [-0.05, 0) is 36.4 Å². The summed E-state index contributed by atoms with van der Waals surface area (Å²) in [5.41, 5.74) is 0. The van der Waals surface area contributed by atoms with Gasteiger partial charge in [0.1, 0.15) is 0 Å². The van der Waals surface area contributed by atoms with E-state index in [0.717, 1.165) is 0 Å². The Morgan fingerprint density at radius 3 is 0.680 bits per heavy atom. The van der Waals surface area contributed by atoms with Crippen LogP contribution in [0.3, 0.4) is 0 Å². The second-order valence-electron chi connectivity index (χ2n) is 4.36. The van der Waals surface area contributed by atoms with Gasteiger partial charge in [0, 0.05) is 15.1 Å². The third-order valence-corrected chi connectivity index (χ3v) is 3.20.